The lowest BCUT2D eigenvalue weighted by molar-refractivity contribution is -0.129. The summed E-state index contributed by atoms with van der Waals surface area (Å²) in [5.41, 5.74) is 0. The van der Waals surface area contributed by atoms with E-state index in [1.54, 1.807) is 7.05 Å². The van der Waals surface area contributed by atoms with E-state index >= 15 is 0 Å². The van der Waals surface area contributed by atoms with Crippen LogP contribution in [-0.2, 0) is 9.59 Å². The fourth-order valence-electron chi connectivity index (χ4n) is 1.77. The van der Waals surface area contributed by atoms with Crippen molar-refractivity contribution in [3.05, 3.63) is 0 Å². The van der Waals surface area contributed by atoms with E-state index in [2.05, 4.69) is 22.9 Å². The Kier molecular flexibility index (Phi) is 4.55. The van der Waals surface area contributed by atoms with Gasteiger partial charge < -0.3 is 16.0 Å². The summed E-state index contributed by atoms with van der Waals surface area (Å²) in [6.45, 7) is 3.02. The summed E-state index contributed by atoms with van der Waals surface area (Å²) in [5, 5.41) is 8.39. The Labute approximate surface area is 90.0 Å². The second-order valence-corrected chi connectivity index (χ2v) is 3.97. The normalized spacial score (nSPS) is 25.7. The van der Waals surface area contributed by atoms with Crippen LogP contribution in [0.4, 0.5) is 0 Å². The van der Waals surface area contributed by atoms with Gasteiger partial charge in [0.05, 0.1) is 6.54 Å². The zero-order valence-electron chi connectivity index (χ0n) is 9.30. The third kappa shape index (κ3) is 3.87. The molecule has 2 amide bonds. The zero-order valence-corrected chi connectivity index (χ0v) is 9.30. The van der Waals surface area contributed by atoms with Gasteiger partial charge in [-0.1, -0.05) is 0 Å². The molecule has 86 valence electrons. The first-order valence-corrected chi connectivity index (χ1v) is 5.35. The van der Waals surface area contributed by atoms with E-state index in [4.69, 9.17) is 0 Å². The first-order chi connectivity index (χ1) is 7.13. The number of hydrogen-bond acceptors (Lipinski definition) is 3. The molecule has 0 aromatic rings. The molecule has 5 heteroatoms. The van der Waals surface area contributed by atoms with Crippen LogP contribution < -0.4 is 16.0 Å². The molecule has 0 aromatic carbocycles. The van der Waals surface area contributed by atoms with Crippen molar-refractivity contribution in [2.75, 3.05) is 20.1 Å². The maximum atomic E-state index is 11.6. The number of amides is 2. The molecule has 3 N–H and O–H groups in total. The summed E-state index contributed by atoms with van der Waals surface area (Å²) in [4.78, 5) is 22.6. The molecular formula is C10H19N3O2. The molecule has 1 aliphatic rings. The van der Waals surface area contributed by atoms with Gasteiger partial charge in [0, 0.05) is 19.0 Å². The van der Waals surface area contributed by atoms with Gasteiger partial charge in [0.15, 0.2) is 0 Å². The molecule has 0 saturated carbocycles. The Morgan fingerprint density at radius 1 is 1.47 bits per heavy atom. The molecule has 0 spiro atoms. The molecule has 0 bridgehead atoms. The summed E-state index contributed by atoms with van der Waals surface area (Å²) in [6, 6.07) is 0.384. The summed E-state index contributed by atoms with van der Waals surface area (Å²) in [5.74, 6) is -0.122. The van der Waals surface area contributed by atoms with E-state index in [-0.39, 0.29) is 24.3 Å². The van der Waals surface area contributed by atoms with E-state index in [1.807, 2.05) is 0 Å². The summed E-state index contributed by atoms with van der Waals surface area (Å²) in [6.07, 6.45) is 1.70. The molecule has 1 rings (SSSR count). The average molecular weight is 213 g/mol. The minimum atomic E-state index is -0.162. The predicted octanol–water partition coefficient (Wildman–Crippen LogP) is -0.763. The van der Waals surface area contributed by atoms with Crippen molar-refractivity contribution in [2.24, 2.45) is 5.92 Å². The Balaban J connectivity index is 2.30. The highest BCUT2D eigenvalue weighted by atomic mass is 16.2. The first-order valence-electron chi connectivity index (χ1n) is 5.35. The summed E-state index contributed by atoms with van der Waals surface area (Å²) in [7, 11) is 1.56. The molecule has 1 aliphatic heterocycles. The van der Waals surface area contributed by atoms with Crippen molar-refractivity contribution < 1.29 is 9.59 Å². The van der Waals surface area contributed by atoms with E-state index in [1.165, 1.54) is 0 Å². The topological polar surface area (TPSA) is 70.2 Å². The smallest absolute Gasteiger partial charge is 0.239 e. The van der Waals surface area contributed by atoms with Gasteiger partial charge in [-0.3, -0.25) is 9.59 Å². The molecule has 0 aliphatic carbocycles. The molecule has 0 aromatic heterocycles. The van der Waals surface area contributed by atoms with Gasteiger partial charge in [0.2, 0.25) is 11.8 Å². The second kappa shape index (κ2) is 5.70. The van der Waals surface area contributed by atoms with Crippen molar-refractivity contribution in [1.29, 1.82) is 0 Å². The molecule has 1 heterocycles. The average Bonchev–Trinajstić information content (AvgIpc) is 2.25. The van der Waals surface area contributed by atoms with Crippen LogP contribution in [0.25, 0.3) is 0 Å². The van der Waals surface area contributed by atoms with Crippen LogP contribution in [0.3, 0.4) is 0 Å². The number of rotatable bonds is 3. The Morgan fingerprint density at radius 3 is 2.80 bits per heavy atom. The third-order valence-corrected chi connectivity index (χ3v) is 2.70. The Bertz CT molecular complexity index is 243. The minimum Gasteiger partial charge on any atom is -0.358 e. The fourth-order valence-corrected chi connectivity index (χ4v) is 1.77. The third-order valence-electron chi connectivity index (χ3n) is 2.70. The van der Waals surface area contributed by atoms with Gasteiger partial charge in [-0.15, -0.1) is 0 Å². The zero-order chi connectivity index (χ0) is 11.3. The van der Waals surface area contributed by atoms with Gasteiger partial charge in [-0.25, -0.2) is 0 Å². The molecule has 1 saturated heterocycles. The van der Waals surface area contributed by atoms with Crippen molar-refractivity contribution in [2.45, 2.75) is 25.8 Å². The number of hydrogen-bond donors (Lipinski definition) is 3. The van der Waals surface area contributed by atoms with Gasteiger partial charge in [0.25, 0.3) is 0 Å². The van der Waals surface area contributed by atoms with E-state index in [0.717, 1.165) is 19.4 Å². The number of likely N-dealkylation sites (N-methyl/N-ethyl adjacent to an activating group) is 1. The quantitative estimate of drug-likeness (QED) is 0.577. The van der Waals surface area contributed by atoms with Gasteiger partial charge in [0.1, 0.15) is 0 Å². The number of carbonyl (C=O) groups is 2. The van der Waals surface area contributed by atoms with Crippen LogP contribution in [0.15, 0.2) is 0 Å². The SMILES string of the molecule is CNC(=O)CNC(=O)C1CCNC(C)C1. The lowest BCUT2D eigenvalue weighted by atomic mass is 9.92. The molecule has 0 radical (unpaired) electrons. The monoisotopic (exact) mass is 213 g/mol. The highest BCUT2D eigenvalue weighted by Crippen LogP contribution is 2.15. The molecule has 2 unspecified atom stereocenters. The number of carbonyl (C=O) groups excluding carboxylic acids is 2. The van der Waals surface area contributed by atoms with E-state index < -0.39 is 0 Å². The van der Waals surface area contributed by atoms with Gasteiger partial charge in [-0.2, -0.15) is 0 Å². The maximum Gasteiger partial charge on any atom is 0.239 e. The van der Waals surface area contributed by atoms with E-state index in [9.17, 15) is 9.59 Å². The highest BCUT2D eigenvalue weighted by Gasteiger charge is 2.24. The van der Waals surface area contributed by atoms with Crippen molar-refractivity contribution >= 4 is 11.8 Å². The molecule has 2 atom stereocenters. The highest BCUT2D eigenvalue weighted by molar-refractivity contribution is 5.85. The number of nitrogens with one attached hydrogen (secondary N) is 3. The molecule has 15 heavy (non-hydrogen) atoms. The predicted molar refractivity (Wildman–Crippen MR) is 57.3 cm³/mol. The van der Waals surface area contributed by atoms with Gasteiger partial charge in [-0.05, 0) is 26.3 Å². The van der Waals surface area contributed by atoms with Gasteiger partial charge >= 0.3 is 0 Å². The first kappa shape index (κ1) is 12.0. The Hall–Kier alpha value is -1.10. The summed E-state index contributed by atoms with van der Waals surface area (Å²) < 4.78 is 0. The molecule has 1 fully saturated rings. The Morgan fingerprint density at radius 2 is 2.20 bits per heavy atom. The lowest BCUT2D eigenvalue weighted by Gasteiger charge is -2.26. The lowest BCUT2D eigenvalue weighted by Crippen LogP contribution is -2.44. The number of piperidine rings is 1. The van der Waals surface area contributed by atoms with Crippen LogP contribution in [0.2, 0.25) is 0 Å². The summed E-state index contributed by atoms with van der Waals surface area (Å²) >= 11 is 0. The fraction of sp³-hybridized carbons (Fsp3) is 0.800. The standard InChI is InChI=1S/C10H19N3O2/c1-7-5-8(3-4-12-7)10(15)13-6-9(14)11-2/h7-8,12H,3-6H2,1-2H3,(H,11,14)(H,13,15). The molecule has 5 nitrogen and oxygen atoms in total. The molecular weight excluding hydrogens is 194 g/mol. The van der Waals surface area contributed by atoms with Crippen molar-refractivity contribution in [3.8, 4) is 0 Å². The largest absolute Gasteiger partial charge is 0.358 e. The minimum absolute atomic E-state index is 0.00745. The van der Waals surface area contributed by atoms with Crippen LogP contribution in [-0.4, -0.2) is 38.0 Å². The van der Waals surface area contributed by atoms with E-state index in [0.29, 0.717) is 6.04 Å². The van der Waals surface area contributed by atoms with Crippen LogP contribution >= 0.6 is 0 Å². The second-order valence-electron chi connectivity index (χ2n) is 3.97. The van der Waals surface area contributed by atoms with Crippen molar-refractivity contribution in [1.82, 2.24) is 16.0 Å². The van der Waals surface area contributed by atoms with Crippen LogP contribution in [0, 0.1) is 5.92 Å². The van der Waals surface area contributed by atoms with Crippen molar-refractivity contribution in [3.63, 3.8) is 0 Å². The van der Waals surface area contributed by atoms with Crippen LogP contribution in [0.1, 0.15) is 19.8 Å². The maximum absolute atomic E-state index is 11.6. The van der Waals surface area contributed by atoms with Crippen LogP contribution in [0.5, 0.6) is 0 Å².